The number of aryl methyl sites for hydroxylation is 1. The van der Waals surface area contributed by atoms with Gasteiger partial charge in [0.25, 0.3) is 0 Å². The Morgan fingerprint density at radius 3 is 2.59 bits per heavy atom. The number of nitrogens with two attached hydrogens (primary N) is 1. The van der Waals surface area contributed by atoms with Crippen molar-refractivity contribution in [2.75, 3.05) is 0 Å². The van der Waals surface area contributed by atoms with Crippen molar-refractivity contribution in [1.82, 2.24) is 0 Å². The standard InChI is InChI=1S/C16H27N/c1-4-6-9-14(5-2)12-16(17)15-10-7-8-13(3)11-15/h7-8,10-11,14,16H,4-6,9,12,17H2,1-3H3. The molecule has 0 fully saturated rings. The van der Waals surface area contributed by atoms with E-state index in [2.05, 4.69) is 45.0 Å². The number of benzene rings is 1. The van der Waals surface area contributed by atoms with Crippen LogP contribution in [0.5, 0.6) is 0 Å². The molecule has 0 amide bonds. The minimum Gasteiger partial charge on any atom is -0.324 e. The molecule has 2 unspecified atom stereocenters. The Labute approximate surface area is 106 Å². The van der Waals surface area contributed by atoms with Crippen molar-refractivity contribution in [3.8, 4) is 0 Å². The first-order valence-corrected chi connectivity index (χ1v) is 6.99. The van der Waals surface area contributed by atoms with Crippen LogP contribution in [0.1, 0.15) is 63.1 Å². The van der Waals surface area contributed by atoms with Gasteiger partial charge in [0.1, 0.15) is 0 Å². The summed E-state index contributed by atoms with van der Waals surface area (Å²) in [4.78, 5) is 0. The van der Waals surface area contributed by atoms with E-state index in [-0.39, 0.29) is 6.04 Å². The third-order valence-corrected chi connectivity index (χ3v) is 3.60. The van der Waals surface area contributed by atoms with Crippen molar-refractivity contribution < 1.29 is 0 Å². The molecular formula is C16H27N. The van der Waals surface area contributed by atoms with Crippen molar-refractivity contribution in [2.45, 2.75) is 58.9 Å². The smallest absolute Gasteiger partial charge is 0.0297 e. The first kappa shape index (κ1) is 14.2. The summed E-state index contributed by atoms with van der Waals surface area (Å²) in [6.45, 7) is 6.67. The fourth-order valence-electron chi connectivity index (χ4n) is 2.38. The second kappa shape index (κ2) is 7.50. The quantitative estimate of drug-likeness (QED) is 0.731. The zero-order valence-corrected chi connectivity index (χ0v) is 11.6. The van der Waals surface area contributed by atoms with Gasteiger partial charge in [-0.1, -0.05) is 69.4 Å². The van der Waals surface area contributed by atoms with Gasteiger partial charge in [-0.05, 0) is 24.8 Å². The van der Waals surface area contributed by atoms with Gasteiger partial charge in [-0.15, -0.1) is 0 Å². The number of rotatable bonds is 7. The van der Waals surface area contributed by atoms with Crippen LogP contribution in [-0.2, 0) is 0 Å². The molecule has 0 aliphatic heterocycles. The van der Waals surface area contributed by atoms with E-state index in [0.717, 1.165) is 12.3 Å². The Morgan fingerprint density at radius 1 is 1.24 bits per heavy atom. The summed E-state index contributed by atoms with van der Waals surface area (Å²) in [6, 6.07) is 8.82. The molecule has 0 saturated heterocycles. The summed E-state index contributed by atoms with van der Waals surface area (Å²) in [7, 11) is 0. The summed E-state index contributed by atoms with van der Waals surface area (Å²) >= 11 is 0. The lowest BCUT2D eigenvalue weighted by molar-refractivity contribution is 0.388. The summed E-state index contributed by atoms with van der Waals surface area (Å²) in [6.07, 6.45) is 6.32. The molecule has 1 aromatic rings. The van der Waals surface area contributed by atoms with E-state index in [1.54, 1.807) is 0 Å². The van der Waals surface area contributed by atoms with Gasteiger partial charge in [0.05, 0.1) is 0 Å². The van der Waals surface area contributed by atoms with Gasteiger partial charge in [0.15, 0.2) is 0 Å². The molecule has 0 aliphatic carbocycles. The Morgan fingerprint density at radius 2 is 2.00 bits per heavy atom. The second-order valence-electron chi connectivity index (χ2n) is 5.17. The highest BCUT2D eigenvalue weighted by molar-refractivity contribution is 5.24. The predicted octanol–water partition coefficient (Wildman–Crippen LogP) is 4.60. The highest BCUT2D eigenvalue weighted by Crippen LogP contribution is 2.25. The largest absolute Gasteiger partial charge is 0.324 e. The van der Waals surface area contributed by atoms with E-state index < -0.39 is 0 Å². The number of hydrogen-bond donors (Lipinski definition) is 1. The molecule has 0 spiro atoms. The van der Waals surface area contributed by atoms with E-state index in [1.807, 2.05) is 0 Å². The molecule has 17 heavy (non-hydrogen) atoms. The zero-order valence-electron chi connectivity index (χ0n) is 11.6. The van der Waals surface area contributed by atoms with Gasteiger partial charge in [-0.25, -0.2) is 0 Å². The van der Waals surface area contributed by atoms with E-state index in [9.17, 15) is 0 Å². The lowest BCUT2D eigenvalue weighted by Gasteiger charge is -2.20. The van der Waals surface area contributed by atoms with Crippen LogP contribution in [0.25, 0.3) is 0 Å². The fraction of sp³-hybridized carbons (Fsp3) is 0.625. The van der Waals surface area contributed by atoms with Crippen molar-refractivity contribution in [2.24, 2.45) is 11.7 Å². The molecule has 0 aliphatic rings. The van der Waals surface area contributed by atoms with Gasteiger partial charge in [-0.2, -0.15) is 0 Å². The van der Waals surface area contributed by atoms with Crippen molar-refractivity contribution in [3.63, 3.8) is 0 Å². The van der Waals surface area contributed by atoms with E-state index >= 15 is 0 Å². The molecular weight excluding hydrogens is 206 g/mol. The van der Waals surface area contributed by atoms with Crippen LogP contribution in [0.4, 0.5) is 0 Å². The van der Waals surface area contributed by atoms with Crippen molar-refractivity contribution in [3.05, 3.63) is 35.4 Å². The van der Waals surface area contributed by atoms with Gasteiger partial charge in [0.2, 0.25) is 0 Å². The molecule has 0 aromatic heterocycles. The van der Waals surface area contributed by atoms with Crippen LogP contribution in [0.2, 0.25) is 0 Å². The third-order valence-electron chi connectivity index (χ3n) is 3.60. The Balaban J connectivity index is 2.54. The van der Waals surface area contributed by atoms with Crippen LogP contribution in [0.15, 0.2) is 24.3 Å². The lowest BCUT2D eigenvalue weighted by Crippen LogP contribution is -2.15. The van der Waals surface area contributed by atoms with Crippen molar-refractivity contribution >= 4 is 0 Å². The Bertz CT molecular complexity index is 319. The van der Waals surface area contributed by atoms with Crippen molar-refractivity contribution in [1.29, 1.82) is 0 Å². The van der Waals surface area contributed by atoms with Crippen LogP contribution >= 0.6 is 0 Å². The minimum absolute atomic E-state index is 0.205. The fourth-order valence-corrected chi connectivity index (χ4v) is 2.38. The summed E-state index contributed by atoms with van der Waals surface area (Å²) in [5, 5.41) is 0. The lowest BCUT2D eigenvalue weighted by atomic mass is 9.89. The maximum Gasteiger partial charge on any atom is 0.0297 e. The normalized spacial score (nSPS) is 14.6. The van der Waals surface area contributed by atoms with Gasteiger partial charge in [0, 0.05) is 6.04 Å². The van der Waals surface area contributed by atoms with Crippen LogP contribution in [-0.4, -0.2) is 0 Å². The van der Waals surface area contributed by atoms with Gasteiger partial charge < -0.3 is 5.73 Å². The summed E-state index contributed by atoms with van der Waals surface area (Å²) in [5.74, 6) is 0.783. The maximum absolute atomic E-state index is 6.31. The summed E-state index contributed by atoms with van der Waals surface area (Å²) < 4.78 is 0. The molecule has 0 radical (unpaired) electrons. The molecule has 1 aromatic carbocycles. The Kier molecular flexibility index (Phi) is 6.28. The molecule has 1 rings (SSSR count). The molecule has 0 heterocycles. The highest BCUT2D eigenvalue weighted by Gasteiger charge is 2.13. The Hall–Kier alpha value is -0.820. The first-order chi connectivity index (χ1) is 8.17. The molecule has 96 valence electrons. The maximum atomic E-state index is 6.31. The molecule has 0 bridgehead atoms. The highest BCUT2D eigenvalue weighted by atomic mass is 14.6. The number of hydrogen-bond acceptors (Lipinski definition) is 1. The molecule has 2 N–H and O–H groups in total. The molecule has 0 saturated carbocycles. The topological polar surface area (TPSA) is 26.0 Å². The van der Waals surface area contributed by atoms with E-state index in [1.165, 1.54) is 36.8 Å². The van der Waals surface area contributed by atoms with Gasteiger partial charge >= 0.3 is 0 Å². The summed E-state index contributed by atoms with van der Waals surface area (Å²) in [5.41, 5.74) is 8.91. The SMILES string of the molecule is CCCCC(CC)CC(N)c1cccc(C)c1. The molecule has 1 nitrogen and oxygen atoms in total. The minimum atomic E-state index is 0.205. The first-order valence-electron chi connectivity index (χ1n) is 6.99. The van der Waals surface area contributed by atoms with E-state index in [4.69, 9.17) is 5.73 Å². The van der Waals surface area contributed by atoms with E-state index in [0.29, 0.717) is 0 Å². The van der Waals surface area contributed by atoms with Crippen LogP contribution in [0, 0.1) is 12.8 Å². The number of unbranched alkanes of at least 4 members (excludes halogenated alkanes) is 1. The zero-order chi connectivity index (χ0) is 12.7. The second-order valence-corrected chi connectivity index (χ2v) is 5.17. The molecule has 1 heteroatoms. The monoisotopic (exact) mass is 233 g/mol. The average Bonchev–Trinajstić information content (AvgIpc) is 2.34. The van der Waals surface area contributed by atoms with Gasteiger partial charge in [-0.3, -0.25) is 0 Å². The third kappa shape index (κ3) is 4.91. The molecule has 2 atom stereocenters. The predicted molar refractivity (Wildman–Crippen MR) is 76.0 cm³/mol. The van der Waals surface area contributed by atoms with Crippen LogP contribution in [0.3, 0.4) is 0 Å². The van der Waals surface area contributed by atoms with Crippen LogP contribution < -0.4 is 5.73 Å². The average molecular weight is 233 g/mol.